The van der Waals surface area contributed by atoms with Crippen LogP contribution in [0.15, 0.2) is 35.2 Å². The molecule has 1 fully saturated rings. The monoisotopic (exact) mass is 292 g/mol. The molecule has 2 unspecified atom stereocenters. The second kappa shape index (κ2) is 7.48. The lowest BCUT2D eigenvalue weighted by Crippen LogP contribution is -2.49. The molecule has 0 saturated carbocycles. The van der Waals surface area contributed by atoms with Gasteiger partial charge in [0.2, 0.25) is 0 Å². The Labute approximate surface area is 128 Å². The van der Waals surface area contributed by atoms with Crippen LogP contribution in [-0.2, 0) is 0 Å². The zero-order valence-electron chi connectivity index (χ0n) is 13.1. The van der Waals surface area contributed by atoms with Crippen LogP contribution >= 0.6 is 11.8 Å². The van der Waals surface area contributed by atoms with Gasteiger partial charge >= 0.3 is 0 Å². The van der Waals surface area contributed by atoms with Crippen LogP contribution in [0.5, 0.6) is 0 Å². The van der Waals surface area contributed by atoms with Gasteiger partial charge in [0, 0.05) is 35.3 Å². The number of nitrogens with zero attached hydrogens (tertiary/aromatic N) is 1. The van der Waals surface area contributed by atoms with Gasteiger partial charge in [0.05, 0.1) is 0 Å². The minimum absolute atomic E-state index is 0.280. The topological polar surface area (TPSA) is 15.3 Å². The van der Waals surface area contributed by atoms with Gasteiger partial charge in [-0.3, -0.25) is 4.90 Å². The minimum Gasteiger partial charge on any atom is -0.310 e. The van der Waals surface area contributed by atoms with E-state index >= 15 is 0 Å². The maximum atomic E-state index is 3.73. The van der Waals surface area contributed by atoms with Crippen molar-refractivity contribution >= 4 is 11.8 Å². The van der Waals surface area contributed by atoms with Crippen LogP contribution in [0.3, 0.4) is 0 Å². The summed E-state index contributed by atoms with van der Waals surface area (Å²) in [5.74, 6) is 1.17. The molecule has 0 aliphatic carbocycles. The first-order valence-electron chi connectivity index (χ1n) is 7.80. The van der Waals surface area contributed by atoms with Crippen molar-refractivity contribution in [2.45, 2.75) is 50.1 Å². The van der Waals surface area contributed by atoms with Crippen molar-refractivity contribution < 1.29 is 0 Å². The molecular weight excluding hydrogens is 264 g/mol. The average Bonchev–Trinajstić information content (AvgIpc) is 2.60. The Morgan fingerprint density at radius 3 is 2.80 bits per heavy atom. The zero-order chi connectivity index (χ0) is 14.4. The molecule has 1 aliphatic rings. The highest BCUT2D eigenvalue weighted by Crippen LogP contribution is 2.21. The van der Waals surface area contributed by atoms with Crippen LogP contribution in [0.1, 0.15) is 33.6 Å². The van der Waals surface area contributed by atoms with E-state index in [1.165, 1.54) is 36.6 Å². The third kappa shape index (κ3) is 4.51. The van der Waals surface area contributed by atoms with Crippen LogP contribution in [0, 0.1) is 0 Å². The Morgan fingerprint density at radius 1 is 1.35 bits per heavy atom. The largest absolute Gasteiger partial charge is 0.310 e. The van der Waals surface area contributed by atoms with E-state index in [-0.39, 0.29) is 5.54 Å². The molecule has 1 N–H and O–H groups in total. The standard InChI is InChI=1S/C17H28N2S/c1-4-17(3)14-19(15(2)10-11-18-17)12-13-20-16-8-6-5-7-9-16/h5-9,15,18H,4,10-14H2,1-3H3. The summed E-state index contributed by atoms with van der Waals surface area (Å²) < 4.78 is 0. The molecule has 112 valence electrons. The van der Waals surface area contributed by atoms with E-state index in [9.17, 15) is 0 Å². The Kier molecular flexibility index (Phi) is 5.94. The van der Waals surface area contributed by atoms with Crippen molar-refractivity contribution in [1.82, 2.24) is 10.2 Å². The molecule has 0 amide bonds. The fraction of sp³-hybridized carbons (Fsp3) is 0.647. The number of nitrogens with one attached hydrogen (secondary N) is 1. The molecule has 1 aliphatic heterocycles. The summed E-state index contributed by atoms with van der Waals surface area (Å²) in [4.78, 5) is 4.05. The molecule has 2 nitrogen and oxygen atoms in total. The SMILES string of the molecule is CCC1(C)CN(CCSc2ccccc2)C(C)CCN1. The Balaban J connectivity index is 1.86. The van der Waals surface area contributed by atoms with Crippen molar-refractivity contribution in [1.29, 1.82) is 0 Å². The quantitative estimate of drug-likeness (QED) is 0.834. The third-order valence-corrected chi connectivity index (χ3v) is 5.45. The molecule has 20 heavy (non-hydrogen) atoms. The molecule has 1 aromatic rings. The number of rotatable bonds is 5. The maximum Gasteiger partial charge on any atom is 0.0277 e. The Bertz CT molecular complexity index is 395. The lowest BCUT2D eigenvalue weighted by Gasteiger charge is -2.34. The number of thioether (sulfide) groups is 1. The van der Waals surface area contributed by atoms with Crippen LogP contribution < -0.4 is 5.32 Å². The summed E-state index contributed by atoms with van der Waals surface area (Å²) in [7, 11) is 0. The summed E-state index contributed by atoms with van der Waals surface area (Å²) >= 11 is 1.97. The third-order valence-electron chi connectivity index (χ3n) is 4.46. The molecule has 1 aromatic carbocycles. The summed E-state index contributed by atoms with van der Waals surface area (Å²) in [6, 6.07) is 11.4. The van der Waals surface area contributed by atoms with Gasteiger partial charge < -0.3 is 5.32 Å². The highest BCUT2D eigenvalue weighted by Gasteiger charge is 2.29. The van der Waals surface area contributed by atoms with Gasteiger partial charge in [-0.15, -0.1) is 11.8 Å². The molecule has 0 spiro atoms. The lowest BCUT2D eigenvalue weighted by atomic mass is 9.98. The van der Waals surface area contributed by atoms with E-state index < -0.39 is 0 Å². The summed E-state index contributed by atoms with van der Waals surface area (Å²) in [6.07, 6.45) is 2.45. The maximum absolute atomic E-state index is 3.73. The van der Waals surface area contributed by atoms with Gasteiger partial charge in [0.25, 0.3) is 0 Å². The van der Waals surface area contributed by atoms with Crippen molar-refractivity contribution in [2.75, 3.05) is 25.4 Å². The van der Waals surface area contributed by atoms with E-state index in [1.807, 2.05) is 11.8 Å². The molecule has 1 heterocycles. The fourth-order valence-corrected chi connectivity index (χ4v) is 3.67. The van der Waals surface area contributed by atoms with Gasteiger partial charge in [-0.25, -0.2) is 0 Å². The molecular formula is C17H28N2S. The first kappa shape index (κ1) is 15.9. The van der Waals surface area contributed by atoms with E-state index in [4.69, 9.17) is 0 Å². The molecule has 2 rings (SSSR count). The van der Waals surface area contributed by atoms with E-state index in [1.54, 1.807) is 0 Å². The predicted molar refractivity (Wildman–Crippen MR) is 89.5 cm³/mol. The first-order valence-corrected chi connectivity index (χ1v) is 8.78. The molecule has 2 atom stereocenters. The highest BCUT2D eigenvalue weighted by atomic mass is 32.2. The van der Waals surface area contributed by atoms with Crippen LogP contribution in [0.2, 0.25) is 0 Å². The van der Waals surface area contributed by atoms with Gasteiger partial charge in [0.1, 0.15) is 0 Å². The minimum atomic E-state index is 0.280. The van der Waals surface area contributed by atoms with E-state index in [2.05, 4.69) is 61.3 Å². The van der Waals surface area contributed by atoms with Crippen LogP contribution in [-0.4, -0.2) is 41.9 Å². The smallest absolute Gasteiger partial charge is 0.0277 e. The Morgan fingerprint density at radius 2 is 2.10 bits per heavy atom. The first-order chi connectivity index (χ1) is 9.63. The predicted octanol–water partition coefficient (Wildman–Crippen LogP) is 3.63. The molecule has 3 heteroatoms. The van der Waals surface area contributed by atoms with E-state index in [0.29, 0.717) is 6.04 Å². The second-order valence-corrected chi connectivity index (χ2v) is 7.28. The van der Waals surface area contributed by atoms with Gasteiger partial charge in [-0.2, -0.15) is 0 Å². The van der Waals surface area contributed by atoms with Crippen molar-refractivity contribution in [2.24, 2.45) is 0 Å². The normalized spacial score (nSPS) is 28.2. The summed E-state index contributed by atoms with van der Waals surface area (Å²) in [6.45, 7) is 10.5. The number of benzene rings is 1. The van der Waals surface area contributed by atoms with Gasteiger partial charge in [0.15, 0.2) is 0 Å². The summed E-state index contributed by atoms with van der Waals surface area (Å²) in [5, 5.41) is 3.73. The Hall–Kier alpha value is -0.510. The molecule has 1 saturated heterocycles. The molecule has 0 aromatic heterocycles. The second-order valence-electron chi connectivity index (χ2n) is 6.11. The molecule has 0 radical (unpaired) electrons. The highest BCUT2D eigenvalue weighted by molar-refractivity contribution is 7.99. The van der Waals surface area contributed by atoms with Crippen LogP contribution in [0.25, 0.3) is 0 Å². The van der Waals surface area contributed by atoms with Crippen molar-refractivity contribution in [3.8, 4) is 0 Å². The molecule has 0 bridgehead atoms. The number of hydrogen-bond acceptors (Lipinski definition) is 3. The average molecular weight is 292 g/mol. The van der Waals surface area contributed by atoms with Gasteiger partial charge in [-0.05, 0) is 45.4 Å². The lowest BCUT2D eigenvalue weighted by molar-refractivity contribution is 0.181. The zero-order valence-corrected chi connectivity index (χ0v) is 13.9. The van der Waals surface area contributed by atoms with Crippen LogP contribution in [0.4, 0.5) is 0 Å². The van der Waals surface area contributed by atoms with Crippen molar-refractivity contribution in [3.05, 3.63) is 30.3 Å². The van der Waals surface area contributed by atoms with E-state index in [0.717, 1.165) is 6.54 Å². The number of hydrogen-bond donors (Lipinski definition) is 1. The fourth-order valence-electron chi connectivity index (χ4n) is 2.76. The summed E-state index contributed by atoms with van der Waals surface area (Å²) in [5.41, 5.74) is 0.280. The van der Waals surface area contributed by atoms with Crippen molar-refractivity contribution in [3.63, 3.8) is 0 Å². The van der Waals surface area contributed by atoms with Gasteiger partial charge in [-0.1, -0.05) is 25.1 Å².